The Kier molecular flexibility index (Phi) is 6.44. The first-order valence-corrected chi connectivity index (χ1v) is 11.4. The van der Waals surface area contributed by atoms with Crippen molar-refractivity contribution in [3.05, 3.63) is 29.3 Å². The lowest BCUT2D eigenvalue weighted by atomic mass is 10.1. The van der Waals surface area contributed by atoms with Crippen LogP contribution in [0.4, 0.5) is 0 Å². The van der Waals surface area contributed by atoms with Gasteiger partial charge in [-0.05, 0) is 51.0 Å². The summed E-state index contributed by atoms with van der Waals surface area (Å²) in [6.07, 6.45) is 0.318. The average molecular weight is 411 g/mol. The summed E-state index contributed by atoms with van der Waals surface area (Å²) in [6, 6.07) is 5.24. The fourth-order valence-corrected chi connectivity index (χ4v) is 5.57. The van der Waals surface area contributed by atoms with Gasteiger partial charge in [-0.2, -0.15) is 4.31 Å². The van der Waals surface area contributed by atoms with Crippen LogP contribution >= 0.6 is 0 Å². The highest BCUT2D eigenvalue weighted by atomic mass is 32.2. The summed E-state index contributed by atoms with van der Waals surface area (Å²) in [5, 5.41) is 0. The maximum Gasteiger partial charge on any atom is 0.277 e. The van der Waals surface area contributed by atoms with Crippen LogP contribution in [-0.4, -0.2) is 81.6 Å². The summed E-state index contributed by atoms with van der Waals surface area (Å²) in [6.45, 7) is 11.6. The largest absolute Gasteiger partial charge is 0.364 e. The minimum Gasteiger partial charge on any atom is -0.364 e. The Morgan fingerprint density at radius 1 is 1.07 bits per heavy atom. The van der Waals surface area contributed by atoms with E-state index in [4.69, 9.17) is 4.74 Å². The first-order valence-electron chi connectivity index (χ1n) is 10.0. The molecular weight excluding hydrogens is 378 g/mol. The first-order chi connectivity index (χ1) is 13.2. The molecule has 0 aromatic heterocycles. The molecule has 156 valence electrons. The number of aryl methyl sites for hydroxylation is 2. The molecule has 0 radical (unpaired) electrons. The minimum atomic E-state index is -3.52. The van der Waals surface area contributed by atoms with Crippen molar-refractivity contribution in [2.75, 3.05) is 45.8 Å². The van der Waals surface area contributed by atoms with Crippen molar-refractivity contribution in [3.8, 4) is 0 Å². The molecule has 0 saturated carbocycles. The molecular formula is C20H32N3O4S+. The maximum absolute atomic E-state index is 12.9. The molecule has 3 rings (SSSR count). The van der Waals surface area contributed by atoms with E-state index >= 15 is 0 Å². The van der Waals surface area contributed by atoms with E-state index in [1.54, 1.807) is 17.0 Å². The van der Waals surface area contributed by atoms with Gasteiger partial charge < -0.3 is 14.5 Å². The van der Waals surface area contributed by atoms with Gasteiger partial charge >= 0.3 is 0 Å². The molecule has 1 amide bonds. The zero-order chi connectivity index (χ0) is 20.5. The summed E-state index contributed by atoms with van der Waals surface area (Å²) in [5.41, 5.74) is 2.04. The Bertz CT molecular complexity index is 809. The summed E-state index contributed by atoms with van der Waals surface area (Å²) in [5.74, 6) is 0.0968. The van der Waals surface area contributed by atoms with Gasteiger partial charge in [-0.25, -0.2) is 8.42 Å². The zero-order valence-corrected chi connectivity index (χ0v) is 18.1. The Labute approximate surface area is 168 Å². The predicted molar refractivity (Wildman–Crippen MR) is 107 cm³/mol. The third kappa shape index (κ3) is 4.74. The second kappa shape index (κ2) is 8.49. The number of ether oxygens (including phenoxy) is 1. The second-order valence-corrected chi connectivity index (χ2v) is 10.1. The molecule has 1 aromatic carbocycles. The molecule has 7 nitrogen and oxygen atoms in total. The molecule has 2 atom stereocenters. The van der Waals surface area contributed by atoms with Crippen LogP contribution < -0.4 is 4.90 Å². The standard InChI is InChI=1S/C20H31N3O4S/c1-15-5-6-19(11-16(15)2)28(25,26)23-9-7-22(8-10-23)20(24)14-21-12-17(3)27-18(4)13-21/h5-6,11,17-18H,7-10,12-14H2,1-4H3/p+1/t17-,18-/m0/s1. The van der Waals surface area contributed by atoms with Crippen LogP contribution in [-0.2, 0) is 19.6 Å². The molecule has 8 heteroatoms. The maximum atomic E-state index is 12.9. The van der Waals surface area contributed by atoms with Gasteiger partial charge in [0.2, 0.25) is 10.0 Å². The molecule has 0 unspecified atom stereocenters. The number of hydrogen-bond acceptors (Lipinski definition) is 4. The second-order valence-electron chi connectivity index (χ2n) is 8.12. The van der Waals surface area contributed by atoms with Crippen molar-refractivity contribution < 1.29 is 22.8 Å². The van der Waals surface area contributed by atoms with Gasteiger partial charge in [0.1, 0.15) is 25.3 Å². The van der Waals surface area contributed by atoms with E-state index in [1.807, 2.05) is 33.8 Å². The highest BCUT2D eigenvalue weighted by molar-refractivity contribution is 7.89. The summed E-state index contributed by atoms with van der Waals surface area (Å²) in [4.78, 5) is 16.0. The molecule has 0 bridgehead atoms. The third-order valence-electron chi connectivity index (χ3n) is 5.73. The van der Waals surface area contributed by atoms with Gasteiger partial charge in [0.25, 0.3) is 5.91 Å². The Morgan fingerprint density at radius 3 is 2.25 bits per heavy atom. The lowest BCUT2D eigenvalue weighted by molar-refractivity contribution is -0.907. The van der Waals surface area contributed by atoms with E-state index < -0.39 is 10.0 Å². The van der Waals surface area contributed by atoms with Crippen molar-refractivity contribution in [3.63, 3.8) is 0 Å². The molecule has 2 saturated heterocycles. The molecule has 1 aromatic rings. The molecule has 0 spiro atoms. The number of nitrogens with zero attached hydrogens (tertiary/aromatic N) is 2. The van der Waals surface area contributed by atoms with Crippen molar-refractivity contribution in [1.29, 1.82) is 0 Å². The lowest BCUT2D eigenvalue weighted by Gasteiger charge is -2.36. The van der Waals surface area contributed by atoms with Crippen molar-refractivity contribution >= 4 is 15.9 Å². The minimum absolute atomic E-state index is 0.0968. The monoisotopic (exact) mass is 410 g/mol. The van der Waals surface area contributed by atoms with Gasteiger partial charge in [0.05, 0.1) is 4.90 Å². The number of rotatable bonds is 4. The van der Waals surface area contributed by atoms with E-state index in [0.717, 1.165) is 24.2 Å². The summed E-state index contributed by atoms with van der Waals surface area (Å²) >= 11 is 0. The number of hydrogen-bond donors (Lipinski definition) is 1. The van der Waals surface area contributed by atoms with Crippen molar-refractivity contribution in [2.45, 2.75) is 44.8 Å². The molecule has 2 aliphatic heterocycles. The lowest BCUT2D eigenvalue weighted by Crippen LogP contribution is -3.16. The van der Waals surface area contributed by atoms with Crippen LogP contribution in [0.2, 0.25) is 0 Å². The number of carbonyl (C=O) groups excluding carboxylic acids is 1. The van der Waals surface area contributed by atoms with E-state index in [1.165, 1.54) is 9.21 Å². The number of sulfonamides is 1. The topological polar surface area (TPSA) is 71.4 Å². The number of amides is 1. The Balaban J connectivity index is 1.57. The highest BCUT2D eigenvalue weighted by Crippen LogP contribution is 2.20. The zero-order valence-electron chi connectivity index (χ0n) is 17.3. The molecule has 0 aliphatic carbocycles. The van der Waals surface area contributed by atoms with Gasteiger partial charge in [-0.1, -0.05) is 6.07 Å². The van der Waals surface area contributed by atoms with Crippen LogP contribution in [0.25, 0.3) is 0 Å². The Morgan fingerprint density at radius 2 is 1.68 bits per heavy atom. The van der Waals surface area contributed by atoms with Crippen LogP contribution in [0.5, 0.6) is 0 Å². The molecule has 2 aliphatic rings. The number of carbonyl (C=O) groups is 1. The normalized spacial score (nSPS) is 27.0. The van der Waals surface area contributed by atoms with Crippen molar-refractivity contribution in [1.82, 2.24) is 9.21 Å². The summed E-state index contributed by atoms with van der Waals surface area (Å²) in [7, 11) is -3.52. The molecule has 2 fully saturated rings. The number of piperazine rings is 1. The van der Waals surface area contributed by atoms with E-state index in [0.29, 0.717) is 37.6 Å². The van der Waals surface area contributed by atoms with Crippen LogP contribution in [0.3, 0.4) is 0 Å². The summed E-state index contributed by atoms with van der Waals surface area (Å²) < 4.78 is 33.1. The fraction of sp³-hybridized carbons (Fsp3) is 0.650. The smallest absolute Gasteiger partial charge is 0.277 e. The predicted octanol–water partition coefficient (Wildman–Crippen LogP) is -0.172. The number of nitrogens with one attached hydrogen (secondary N) is 1. The van der Waals surface area contributed by atoms with Crippen LogP contribution in [0, 0.1) is 13.8 Å². The highest BCUT2D eigenvalue weighted by Gasteiger charge is 2.33. The molecule has 2 heterocycles. The average Bonchev–Trinajstić information content (AvgIpc) is 2.63. The van der Waals surface area contributed by atoms with Crippen molar-refractivity contribution in [2.24, 2.45) is 0 Å². The quantitative estimate of drug-likeness (QED) is 0.748. The van der Waals surface area contributed by atoms with Gasteiger partial charge in [-0.3, -0.25) is 4.79 Å². The van der Waals surface area contributed by atoms with Crippen LogP contribution in [0.1, 0.15) is 25.0 Å². The van der Waals surface area contributed by atoms with Crippen LogP contribution in [0.15, 0.2) is 23.1 Å². The Hall–Kier alpha value is -1.48. The van der Waals surface area contributed by atoms with Gasteiger partial charge in [0, 0.05) is 26.2 Å². The van der Waals surface area contributed by atoms with Gasteiger partial charge in [0.15, 0.2) is 6.54 Å². The van der Waals surface area contributed by atoms with E-state index in [2.05, 4.69) is 0 Å². The molecule has 1 N–H and O–H groups in total. The third-order valence-corrected chi connectivity index (χ3v) is 7.62. The number of morpholine rings is 1. The van der Waals surface area contributed by atoms with E-state index in [9.17, 15) is 13.2 Å². The first kappa shape index (κ1) is 21.2. The molecule has 28 heavy (non-hydrogen) atoms. The number of benzene rings is 1. The van der Waals surface area contributed by atoms with E-state index in [-0.39, 0.29) is 18.1 Å². The number of quaternary nitrogens is 1. The SMILES string of the molecule is Cc1ccc(S(=O)(=O)N2CCN(C(=O)C[NH+]3C[C@H](C)O[C@@H](C)C3)CC2)cc1C. The fourth-order valence-electron chi connectivity index (χ4n) is 4.06. The van der Waals surface area contributed by atoms with Gasteiger partial charge in [-0.15, -0.1) is 0 Å².